The summed E-state index contributed by atoms with van der Waals surface area (Å²) in [5.74, 6) is 0.697. The Labute approximate surface area is 265 Å². The van der Waals surface area contributed by atoms with Crippen LogP contribution in [0.4, 0.5) is 0 Å². The molecule has 0 atom stereocenters. The molecule has 4 nitrogen and oxygen atoms in total. The number of aromatic nitrogens is 4. The van der Waals surface area contributed by atoms with Crippen molar-refractivity contribution >= 4 is 43.5 Å². The Hall–Kier alpha value is -6.26. The zero-order chi connectivity index (χ0) is 30.5. The fraction of sp³-hybridized carbons (Fsp3) is 0. The number of para-hydroxylation sites is 1. The molecule has 9 rings (SSSR count). The van der Waals surface area contributed by atoms with E-state index in [0.717, 1.165) is 82.7 Å². The van der Waals surface area contributed by atoms with Gasteiger partial charge in [-0.3, -0.25) is 4.98 Å². The van der Waals surface area contributed by atoms with E-state index in [1.54, 1.807) is 0 Å². The van der Waals surface area contributed by atoms with Crippen molar-refractivity contribution < 1.29 is 0 Å². The van der Waals surface area contributed by atoms with Crippen LogP contribution in [0.3, 0.4) is 0 Å². The van der Waals surface area contributed by atoms with Crippen molar-refractivity contribution in [2.24, 2.45) is 0 Å². The maximum atomic E-state index is 5.16. The molecular formula is C42H26N4. The molecule has 214 valence electrons. The largest absolute Gasteiger partial charge is 0.254 e. The van der Waals surface area contributed by atoms with Gasteiger partial charge in [0.25, 0.3) is 0 Å². The van der Waals surface area contributed by atoms with Gasteiger partial charge in [0.1, 0.15) is 0 Å². The van der Waals surface area contributed by atoms with Crippen LogP contribution in [0.1, 0.15) is 0 Å². The molecule has 3 heterocycles. The minimum atomic E-state index is 0.697. The van der Waals surface area contributed by atoms with E-state index in [2.05, 4.69) is 103 Å². The van der Waals surface area contributed by atoms with Crippen LogP contribution in [0.25, 0.3) is 88.5 Å². The summed E-state index contributed by atoms with van der Waals surface area (Å²) in [5.41, 5.74) is 9.94. The van der Waals surface area contributed by atoms with Crippen molar-refractivity contribution in [1.29, 1.82) is 0 Å². The molecule has 4 heteroatoms. The highest BCUT2D eigenvalue weighted by Gasteiger charge is 2.19. The molecule has 0 saturated heterocycles. The van der Waals surface area contributed by atoms with Gasteiger partial charge in [0, 0.05) is 44.6 Å². The van der Waals surface area contributed by atoms with Gasteiger partial charge >= 0.3 is 0 Å². The van der Waals surface area contributed by atoms with E-state index in [1.807, 2.05) is 54.7 Å². The second-order valence-corrected chi connectivity index (χ2v) is 11.4. The topological polar surface area (TPSA) is 51.6 Å². The van der Waals surface area contributed by atoms with E-state index in [1.165, 1.54) is 0 Å². The number of pyridine rings is 2. The highest BCUT2D eigenvalue weighted by Crippen LogP contribution is 2.42. The number of hydrogen-bond acceptors (Lipinski definition) is 4. The van der Waals surface area contributed by atoms with Gasteiger partial charge in [0.2, 0.25) is 0 Å². The molecule has 0 spiro atoms. The number of nitrogens with zero attached hydrogens (tertiary/aromatic N) is 4. The fourth-order valence-corrected chi connectivity index (χ4v) is 6.58. The standard InChI is InChI=1S/C42H26N4/c1-3-12-27(13-4-1)37-26-38(28-14-5-2-6-15-28)46-42(45-37)33-24-23-32(30-17-7-8-18-31(30)33)39-34-19-9-10-20-36(34)44-41-35(39)22-21-29-16-11-25-43-40(29)41/h1-26H. The highest BCUT2D eigenvalue weighted by molar-refractivity contribution is 6.19. The Kier molecular flexibility index (Phi) is 6.10. The van der Waals surface area contributed by atoms with Gasteiger partial charge in [-0.1, -0.05) is 127 Å². The Balaban J connectivity index is 1.33. The Morgan fingerprint density at radius 3 is 1.72 bits per heavy atom. The van der Waals surface area contributed by atoms with Crippen LogP contribution >= 0.6 is 0 Å². The molecule has 0 aliphatic heterocycles. The van der Waals surface area contributed by atoms with Crippen molar-refractivity contribution in [2.75, 3.05) is 0 Å². The smallest absolute Gasteiger partial charge is 0.161 e. The molecule has 46 heavy (non-hydrogen) atoms. The summed E-state index contributed by atoms with van der Waals surface area (Å²) in [4.78, 5) is 20.2. The predicted molar refractivity (Wildman–Crippen MR) is 189 cm³/mol. The average Bonchev–Trinajstić information content (AvgIpc) is 3.14. The van der Waals surface area contributed by atoms with Gasteiger partial charge in [-0.15, -0.1) is 0 Å². The monoisotopic (exact) mass is 586 g/mol. The summed E-state index contributed by atoms with van der Waals surface area (Å²) in [6, 6.07) is 52.5. The molecule has 9 aromatic rings. The second-order valence-electron chi connectivity index (χ2n) is 11.4. The molecule has 0 N–H and O–H groups in total. The quantitative estimate of drug-likeness (QED) is 0.152. The van der Waals surface area contributed by atoms with Crippen molar-refractivity contribution in [1.82, 2.24) is 19.9 Å². The Morgan fingerprint density at radius 1 is 0.391 bits per heavy atom. The lowest BCUT2D eigenvalue weighted by atomic mass is 9.90. The van der Waals surface area contributed by atoms with Crippen LogP contribution in [0, 0.1) is 0 Å². The summed E-state index contributed by atoms with van der Waals surface area (Å²) in [7, 11) is 0. The molecule has 3 aromatic heterocycles. The number of fused-ring (bicyclic) bond motifs is 5. The van der Waals surface area contributed by atoms with Gasteiger partial charge in [0.15, 0.2) is 5.82 Å². The van der Waals surface area contributed by atoms with Gasteiger partial charge in [-0.05, 0) is 40.6 Å². The molecule has 0 aliphatic carbocycles. The zero-order valence-electron chi connectivity index (χ0n) is 24.8. The third kappa shape index (κ3) is 4.31. The van der Waals surface area contributed by atoms with Crippen molar-refractivity contribution in [2.45, 2.75) is 0 Å². The Morgan fingerprint density at radius 2 is 1.00 bits per heavy atom. The summed E-state index contributed by atoms with van der Waals surface area (Å²) >= 11 is 0. The summed E-state index contributed by atoms with van der Waals surface area (Å²) in [6.45, 7) is 0. The molecule has 6 aromatic carbocycles. The molecule has 0 radical (unpaired) electrons. The first-order valence-electron chi connectivity index (χ1n) is 15.4. The molecule has 0 unspecified atom stereocenters. The number of hydrogen-bond donors (Lipinski definition) is 0. The van der Waals surface area contributed by atoms with Gasteiger partial charge in [-0.25, -0.2) is 15.0 Å². The molecule has 0 amide bonds. The van der Waals surface area contributed by atoms with Crippen LogP contribution < -0.4 is 0 Å². The lowest BCUT2D eigenvalue weighted by Crippen LogP contribution is -1.97. The first-order chi connectivity index (χ1) is 22.8. The van der Waals surface area contributed by atoms with E-state index in [9.17, 15) is 0 Å². The Bertz CT molecular complexity index is 2520. The van der Waals surface area contributed by atoms with Crippen LogP contribution in [-0.2, 0) is 0 Å². The third-order valence-electron chi connectivity index (χ3n) is 8.72. The third-order valence-corrected chi connectivity index (χ3v) is 8.72. The maximum absolute atomic E-state index is 5.16. The molecule has 0 bridgehead atoms. The summed E-state index contributed by atoms with van der Waals surface area (Å²) in [5, 5.41) is 5.49. The second kappa shape index (κ2) is 10.7. The SMILES string of the molecule is c1ccc(-c2cc(-c3ccccc3)nc(-c3ccc(-c4c5ccccc5nc5c4ccc4cccnc45)c4ccccc34)n2)cc1. The molecule has 0 fully saturated rings. The van der Waals surface area contributed by atoms with E-state index in [-0.39, 0.29) is 0 Å². The lowest BCUT2D eigenvalue weighted by Gasteiger charge is -2.16. The van der Waals surface area contributed by atoms with Crippen molar-refractivity contribution in [3.05, 3.63) is 158 Å². The lowest BCUT2D eigenvalue weighted by molar-refractivity contribution is 1.19. The van der Waals surface area contributed by atoms with Crippen molar-refractivity contribution in [3.63, 3.8) is 0 Å². The number of rotatable bonds is 4. The molecule has 0 saturated carbocycles. The van der Waals surface area contributed by atoms with Gasteiger partial charge in [0.05, 0.1) is 27.9 Å². The summed E-state index contributed by atoms with van der Waals surface area (Å²) < 4.78 is 0. The van der Waals surface area contributed by atoms with Gasteiger partial charge < -0.3 is 0 Å². The normalized spacial score (nSPS) is 11.5. The summed E-state index contributed by atoms with van der Waals surface area (Å²) in [6.07, 6.45) is 1.84. The number of benzene rings is 6. The zero-order valence-corrected chi connectivity index (χ0v) is 24.8. The van der Waals surface area contributed by atoms with Crippen molar-refractivity contribution in [3.8, 4) is 45.0 Å². The maximum Gasteiger partial charge on any atom is 0.161 e. The molecular weight excluding hydrogens is 560 g/mol. The van der Waals surface area contributed by atoms with E-state index in [4.69, 9.17) is 19.9 Å². The minimum absolute atomic E-state index is 0.697. The first kappa shape index (κ1) is 26.2. The van der Waals surface area contributed by atoms with Gasteiger partial charge in [-0.2, -0.15) is 0 Å². The fourth-order valence-electron chi connectivity index (χ4n) is 6.58. The van der Waals surface area contributed by atoms with Crippen LogP contribution in [-0.4, -0.2) is 19.9 Å². The molecule has 0 aliphatic rings. The first-order valence-corrected chi connectivity index (χ1v) is 15.4. The van der Waals surface area contributed by atoms with Crippen LogP contribution in [0.15, 0.2) is 158 Å². The van der Waals surface area contributed by atoms with E-state index < -0.39 is 0 Å². The van der Waals surface area contributed by atoms with Crippen LogP contribution in [0.5, 0.6) is 0 Å². The van der Waals surface area contributed by atoms with E-state index in [0.29, 0.717) is 5.82 Å². The average molecular weight is 587 g/mol. The van der Waals surface area contributed by atoms with E-state index >= 15 is 0 Å². The minimum Gasteiger partial charge on any atom is -0.254 e. The predicted octanol–water partition coefficient (Wildman–Crippen LogP) is 10.5. The van der Waals surface area contributed by atoms with Crippen LogP contribution in [0.2, 0.25) is 0 Å². The highest BCUT2D eigenvalue weighted by atomic mass is 14.9.